The van der Waals surface area contributed by atoms with E-state index < -0.39 is 17.2 Å². The van der Waals surface area contributed by atoms with E-state index >= 15 is 0 Å². The van der Waals surface area contributed by atoms with Crippen molar-refractivity contribution in [3.8, 4) is 0 Å². The zero-order valence-corrected chi connectivity index (χ0v) is 16.2. The van der Waals surface area contributed by atoms with Gasteiger partial charge < -0.3 is 5.11 Å². The minimum absolute atomic E-state index is 0.0868. The molecule has 29 heavy (non-hydrogen) atoms. The highest BCUT2D eigenvalue weighted by Gasteiger charge is 2.48. The molecule has 1 aromatic carbocycles. The van der Waals surface area contributed by atoms with Gasteiger partial charge in [0.25, 0.3) is 5.56 Å². The molecule has 2 aliphatic heterocycles. The number of hydrogen-bond acceptors (Lipinski definition) is 4. The Labute approximate surface area is 168 Å². The molecule has 5 rings (SSSR count). The number of rotatable bonds is 5. The summed E-state index contributed by atoms with van der Waals surface area (Å²) in [6.45, 7) is 0.520. The number of hydrogen-bond donors (Lipinski definition) is 1. The van der Waals surface area contributed by atoms with Crippen LogP contribution in [0.2, 0.25) is 0 Å². The largest absolute Gasteiger partial charge is 0.388 e. The van der Waals surface area contributed by atoms with Crippen LogP contribution in [0, 0.1) is 11.6 Å². The lowest BCUT2D eigenvalue weighted by Gasteiger charge is -2.43. The second-order valence-electron chi connectivity index (χ2n) is 8.93. The van der Waals surface area contributed by atoms with Gasteiger partial charge in [-0.05, 0) is 50.7 Å². The lowest BCUT2D eigenvalue weighted by molar-refractivity contribution is -0.0680. The Kier molecular flexibility index (Phi) is 4.55. The molecule has 0 amide bonds. The molecule has 1 saturated carbocycles. The topological polar surface area (TPSA) is 58.4 Å². The van der Waals surface area contributed by atoms with Crippen LogP contribution >= 0.6 is 0 Å². The van der Waals surface area contributed by atoms with E-state index in [1.54, 1.807) is 18.2 Å². The Balaban J connectivity index is 1.33. The van der Waals surface area contributed by atoms with Crippen molar-refractivity contribution < 1.29 is 13.9 Å². The molecular weight excluding hydrogens is 376 g/mol. The van der Waals surface area contributed by atoms with Crippen molar-refractivity contribution in [2.75, 3.05) is 0 Å². The van der Waals surface area contributed by atoms with E-state index in [2.05, 4.69) is 10.00 Å². The molecule has 2 bridgehead atoms. The summed E-state index contributed by atoms with van der Waals surface area (Å²) in [7, 11) is 0. The zero-order chi connectivity index (χ0) is 20.2. The maximum Gasteiger partial charge on any atom is 0.266 e. The monoisotopic (exact) mass is 401 g/mol. The third-order valence-corrected chi connectivity index (χ3v) is 6.71. The van der Waals surface area contributed by atoms with Crippen LogP contribution in [-0.2, 0) is 13.1 Å². The summed E-state index contributed by atoms with van der Waals surface area (Å²) in [5, 5.41) is 15.8. The van der Waals surface area contributed by atoms with Crippen molar-refractivity contribution in [2.24, 2.45) is 0 Å². The van der Waals surface area contributed by atoms with Crippen LogP contribution in [0.3, 0.4) is 0 Å². The molecule has 2 atom stereocenters. The number of fused-ring (bicyclic) bond motifs is 2. The summed E-state index contributed by atoms with van der Waals surface area (Å²) >= 11 is 0. The molecule has 3 aliphatic rings. The van der Waals surface area contributed by atoms with Gasteiger partial charge in [-0.25, -0.2) is 13.5 Å². The number of aliphatic hydroxyl groups is 1. The molecule has 5 nitrogen and oxygen atoms in total. The van der Waals surface area contributed by atoms with E-state index in [-0.39, 0.29) is 24.2 Å². The van der Waals surface area contributed by atoms with Crippen molar-refractivity contribution in [3.63, 3.8) is 0 Å². The molecule has 154 valence electrons. The first-order valence-corrected chi connectivity index (χ1v) is 10.4. The van der Waals surface area contributed by atoms with Crippen LogP contribution in [0.4, 0.5) is 8.78 Å². The molecule has 0 radical (unpaired) electrons. The third-order valence-electron chi connectivity index (χ3n) is 6.71. The first-order valence-electron chi connectivity index (χ1n) is 10.4. The molecule has 0 spiro atoms. The second kappa shape index (κ2) is 6.99. The predicted molar refractivity (Wildman–Crippen MR) is 103 cm³/mol. The summed E-state index contributed by atoms with van der Waals surface area (Å²) < 4.78 is 29.1. The van der Waals surface area contributed by atoms with E-state index in [1.165, 1.54) is 10.7 Å². The summed E-state index contributed by atoms with van der Waals surface area (Å²) in [6.07, 6.45) is 5.03. The first-order chi connectivity index (χ1) is 13.9. The average Bonchev–Trinajstić information content (AvgIpc) is 3.49. The van der Waals surface area contributed by atoms with Gasteiger partial charge in [-0.15, -0.1) is 0 Å². The lowest BCUT2D eigenvalue weighted by Crippen LogP contribution is -2.53. The minimum Gasteiger partial charge on any atom is -0.388 e. The van der Waals surface area contributed by atoms with Crippen molar-refractivity contribution in [1.29, 1.82) is 0 Å². The Morgan fingerprint density at radius 2 is 1.79 bits per heavy atom. The molecule has 2 saturated heterocycles. The second-order valence-corrected chi connectivity index (χ2v) is 8.93. The fourth-order valence-electron chi connectivity index (χ4n) is 5.12. The lowest BCUT2D eigenvalue weighted by atomic mass is 9.85. The van der Waals surface area contributed by atoms with E-state index in [9.17, 15) is 18.7 Å². The van der Waals surface area contributed by atoms with Gasteiger partial charge in [0.1, 0.15) is 0 Å². The Morgan fingerprint density at radius 3 is 2.48 bits per heavy atom. The molecule has 1 aromatic heterocycles. The van der Waals surface area contributed by atoms with Gasteiger partial charge in [0.15, 0.2) is 11.6 Å². The van der Waals surface area contributed by atoms with Crippen LogP contribution in [0.25, 0.3) is 0 Å². The van der Waals surface area contributed by atoms with Crippen LogP contribution < -0.4 is 5.56 Å². The molecule has 1 aliphatic carbocycles. The molecule has 2 aromatic rings. The number of aromatic nitrogens is 2. The van der Waals surface area contributed by atoms with Gasteiger partial charge >= 0.3 is 0 Å². The summed E-state index contributed by atoms with van der Waals surface area (Å²) in [5.74, 6) is -1.18. The number of nitrogens with zero attached hydrogens (tertiary/aromatic N) is 3. The van der Waals surface area contributed by atoms with Crippen molar-refractivity contribution in [1.82, 2.24) is 14.7 Å². The zero-order valence-electron chi connectivity index (χ0n) is 16.2. The van der Waals surface area contributed by atoms with Crippen LogP contribution in [0.5, 0.6) is 0 Å². The van der Waals surface area contributed by atoms with Crippen molar-refractivity contribution >= 4 is 0 Å². The maximum atomic E-state index is 14.1. The minimum atomic E-state index is -1.01. The predicted octanol–water partition coefficient (Wildman–Crippen LogP) is 2.96. The molecule has 3 fully saturated rings. The Morgan fingerprint density at radius 1 is 1.07 bits per heavy atom. The molecular formula is C22H25F2N3O2. The van der Waals surface area contributed by atoms with Gasteiger partial charge in [0.05, 0.1) is 17.8 Å². The van der Waals surface area contributed by atoms with Crippen molar-refractivity contribution in [2.45, 2.75) is 75.2 Å². The molecule has 3 heterocycles. The summed E-state index contributed by atoms with van der Waals surface area (Å²) in [4.78, 5) is 14.5. The Hall–Kier alpha value is -2.12. The normalized spacial score (nSPS) is 29.3. The molecule has 0 unspecified atom stereocenters. The summed E-state index contributed by atoms with van der Waals surface area (Å²) in [6, 6.07) is 7.78. The van der Waals surface area contributed by atoms with E-state index in [0.29, 0.717) is 30.9 Å². The molecule has 1 N–H and O–H groups in total. The van der Waals surface area contributed by atoms with Crippen LogP contribution in [0.15, 0.2) is 35.1 Å². The number of benzene rings is 1. The average molecular weight is 401 g/mol. The van der Waals surface area contributed by atoms with E-state index in [0.717, 1.165) is 37.4 Å². The third kappa shape index (κ3) is 3.62. The number of halogens is 2. The highest BCUT2D eigenvalue weighted by atomic mass is 19.2. The maximum absolute atomic E-state index is 14.1. The van der Waals surface area contributed by atoms with Gasteiger partial charge in [0.2, 0.25) is 0 Å². The highest BCUT2D eigenvalue weighted by molar-refractivity contribution is 5.20. The highest BCUT2D eigenvalue weighted by Crippen LogP contribution is 2.42. The van der Waals surface area contributed by atoms with E-state index in [4.69, 9.17) is 0 Å². The SMILES string of the molecule is O=c1ccc(C2CC2)nn1CC1(O)C[C@H]2CC[C@H](C1)N2Cc1cccc(F)c1F. The van der Waals surface area contributed by atoms with Crippen LogP contribution in [0.1, 0.15) is 55.7 Å². The standard InChI is InChI=1S/C22H25F2N3O2/c23-18-3-1-2-15(21(18)24)12-26-16-6-7-17(26)11-22(29,10-16)13-27-20(28)9-8-19(25-27)14-4-5-14/h1-3,8-9,14,16-17,29H,4-7,10-13H2/t16-,17-/m1/s1. The van der Waals surface area contributed by atoms with Gasteiger partial charge in [-0.1, -0.05) is 12.1 Å². The molecule has 7 heteroatoms. The Bertz CT molecular complexity index is 974. The fourth-order valence-corrected chi connectivity index (χ4v) is 5.12. The van der Waals surface area contributed by atoms with Gasteiger partial charge in [-0.3, -0.25) is 9.69 Å². The van der Waals surface area contributed by atoms with Gasteiger partial charge in [-0.2, -0.15) is 5.10 Å². The fraction of sp³-hybridized carbons (Fsp3) is 0.545. The van der Waals surface area contributed by atoms with Crippen LogP contribution in [-0.4, -0.2) is 37.5 Å². The summed E-state index contributed by atoms with van der Waals surface area (Å²) in [5.41, 5.74) is 0.0685. The quantitative estimate of drug-likeness (QED) is 0.837. The first kappa shape index (κ1) is 18.9. The van der Waals surface area contributed by atoms with Gasteiger partial charge in [0, 0.05) is 36.2 Å². The van der Waals surface area contributed by atoms with E-state index in [1.807, 2.05) is 0 Å². The van der Waals surface area contributed by atoms with Crippen molar-refractivity contribution in [3.05, 3.63) is 63.6 Å². The smallest absolute Gasteiger partial charge is 0.266 e. The number of piperidine rings is 1.